The topological polar surface area (TPSA) is 73.8 Å². The molecule has 1 saturated heterocycles. The van der Waals surface area contributed by atoms with Gasteiger partial charge in [-0.15, -0.1) is 0 Å². The quantitative estimate of drug-likeness (QED) is 0.743. The minimum atomic E-state index is -0.606. The van der Waals surface area contributed by atoms with Crippen LogP contribution in [0.4, 0.5) is 5.82 Å². The molecule has 2 aliphatic rings. The second kappa shape index (κ2) is 6.81. The molecule has 1 amide bonds. The molecule has 0 unspecified atom stereocenters. The molecule has 2 aromatic heterocycles. The van der Waals surface area contributed by atoms with Crippen LogP contribution in [0.5, 0.6) is 5.75 Å². The van der Waals surface area contributed by atoms with Crippen molar-refractivity contribution in [3.63, 3.8) is 0 Å². The monoisotopic (exact) mass is 395 g/mol. The van der Waals surface area contributed by atoms with Gasteiger partial charge in [-0.25, -0.2) is 4.98 Å². The summed E-state index contributed by atoms with van der Waals surface area (Å²) in [6.45, 7) is 12.3. The highest BCUT2D eigenvalue weighted by molar-refractivity contribution is 6.61. The molecule has 4 rings (SSSR count). The van der Waals surface area contributed by atoms with Crippen LogP contribution in [0, 0.1) is 13.8 Å². The van der Waals surface area contributed by atoms with Crippen molar-refractivity contribution in [2.24, 2.45) is 0 Å². The van der Waals surface area contributed by atoms with E-state index >= 15 is 0 Å². The first-order chi connectivity index (χ1) is 13.6. The third kappa shape index (κ3) is 3.40. The molecule has 7 nitrogen and oxygen atoms in total. The lowest BCUT2D eigenvalue weighted by Crippen LogP contribution is -2.43. The summed E-state index contributed by atoms with van der Waals surface area (Å²) in [6.07, 6.45) is 1.78. The van der Waals surface area contributed by atoms with Crippen molar-refractivity contribution in [1.29, 1.82) is 0 Å². The van der Waals surface area contributed by atoms with Gasteiger partial charge in [-0.05, 0) is 70.9 Å². The lowest BCUT2D eigenvalue weighted by atomic mass is 9.84. The first kappa shape index (κ1) is 19.9. The molecule has 0 bridgehead atoms. The molecule has 152 valence electrons. The summed E-state index contributed by atoms with van der Waals surface area (Å²) >= 11 is 0. The first-order valence-corrected chi connectivity index (χ1v) is 9.80. The largest absolute Gasteiger partial charge is 0.514 e. The Bertz CT molecular complexity index is 940. The summed E-state index contributed by atoms with van der Waals surface area (Å²) in [4.78, 5) is 23.5. The lowest BCUT2D eigenvalue weighted by molar-refractivity contribution is -0.121. The van der Waals surface area contributed by atoms with Gasteiger partial charge in [0, 0.05) is 11.9 Å². The fraction of sp³-hybridized carbons (Fsp3) is 0.476. The second-order valence-electron chi connectivity index (χ2n) is 8.61. The highest BCUT2D eigenvalue weighted by atomic mass is 16.7. The lowest BCUT2D eigenvalue weighted by Gasteiger charge is -2.32. The smallest absolute Gasteiger partial charge is 0.480 e. The van der Waals surface area contributed by atoms with E-state index in [0.717, 1.165) is 16.8 Å². The maximum absolute atomic E-state index is 12.7. The Morgan fingerprint density at radius 1 is 1.10 bits per heavy atom. The number of fused-ring (bicyclic) bond motifs is 1. The molecule has 0 spiro atoms. The number of carbonyl (C=O) groups excluding carboxylic acids is 1. The molecule has 29 heavy (non-hydrogen) atoms. The second-order valence-corrected chi connectivity index (χ2v) is 8.61. The third-order valence-corrected chi connectivity index (χ3v) is 6.09. The van der Waals surface area contributed by atoms with Crippen LogP contribution in [0.25, 0.3) is 0 Å². The van der Waals surface area contributed by atoms with E-state index < -0.39 is 18.3 Å². The number of amides is 1. The van der Waals surface area contributed by atoms with Gasteiger partial charge in [0.1, 0.15) is 0 Å². The molecule has 0 radical (unpaired) electrons. The van der Waals surface area contributed by atoms with E-state index in [-0.39, 0.29) is 12.5 Å². The van der Waals surface area contributed by atoms with Crippen LogP contribution in [0.15, 0.2) is 24.4 Å². The molecule has 4 heterocycles. The number of anilines is 1. The van der Waals surface area contributed by atoms with E-state index in [2.05, 4.69) is 4.98 Å². The van der Waals surface area contributed by atoms with Gasteiger partial charge < -0.3 is 14.0 Å². The highest BCUT2D eigenvalue weighted by Crippen LogP contribution is 2.37. The van der Waals surface area contributed by atoms with Gasteiger partial charge in [0.2, 0.25) is 0 Å². The van der Waals surface area contributed by atoms with Gasteiger partial charge in [-0.1, -0.05) is 0 Å². The molecular weight excluding hydrogens is 369 g/mol. The normalized spacial score (nSPS) is 19.9. The van der Waals surface area contributed by atoms with E-state index in [9.17, 15) is 4.79 Å². The average Bonchev–Trinajstić information content (AvgIpc) is 2.87. The molecule has 0 aromatic carbocycles. The molecule has 2 aliphatic heterocycles. The minimum absolute atomic E-state index is 0.0110. The van der Waals surface area contributed by atoms with Crippen LogP contribution in [-0.4, -0.2) is 40.8 Å². The Hall–Kier alpha value is -2.45. The van der Waals surface area contributed by atoms with Gasteiger partial charge in [-0.3, -0.25) is 14.7 Å². The molecule has 8 heteroatoms. The summed E-state index contributed by atoms with van der Waals surface area (Å²) in [7, 11) is -0.606. The predicted octanol–water partition coefficient (Wildman–Crippen LogP) is 2.32. The van der Waals surface area contributed by atoms with E-state index in [1.54, 1.807) is 11.1 Å². The maximum atomic E-state index is 12.7. The summed E-state index contributed by atoms with van der Waals surface area (Å²) < 4.78 is 17.9. The van der Waals surface area contributed by atoms with Crippen molar-refractivity contribution in [1.82, 2.24) is 9.97 Å². The van der Waals surface area contributed by atoms with Crippen LogP contribution < -0.4 is 15.2 Å². The number of hydrogen-bond donors (Lipinski definition) is 0. The SMILES string of the molecule is Cc1ccnc(C)c1CN1C(=O)COc2ccc(B3OC(C)(C)C(C)(C)O3)nc21. The number of carbonyl (C=O) groups is 1. The minimum Gasteiger partial charge on any atom is -0.480 e. The zero-order valence-electron chi connectivity index (χ0n) is 17.8. The zero-order chi connectivity index (χ0) is 21.0. The van der Waals surface area contributed by atoms with E-state index in [0.29, 0.717) is 23.7 Å². The average molecular weight is 395 g/mol. The standard InChI is InChI=1S/C21H26BN3O4/c1-13-9-10-23-14(2)15(13)11-25-18(26)12-27-16-7-8-17(24-19(16)25)22-28-20(3,4)21(5,6)29-22/h7-10H,11-12H2,1-6H3. The maximum Gasteiger partial charge on any atom is 0.514 e. The van der Waals surface area contributed by atoms with Crippen LogP contribution >= 0.6 is 0 Å². The van der Waals surface area contributed by atoms with E-state index in [4.69, 9.17) is 19.0 Å². The van der Waals surface area contributed by atoms with Crippen molar-refractivity contribution >= 4 is 24.4 Å². The number of hydrogen-bond acceptors (Lipinski definition) is 6. The van der Waals surface area contributed by atoms with Crippen molar-refractivity contribution in [3.05, 3.63) is 41.2 Å². The number of rotatable bonds is 3. The number of nitrogens with zero attached hydrogens (tertiary/aromatic N) is 3. The number of pyridine rings is 2. The Balaban J connectivity index is 1.70. The third-order valence-electron chi connectivity index (χ3n) is 6.09. The molecule has 1 fully saturated rings. The molecule has 0 aliphatic carbocycles. The van der Waals surface area contributed by atoms with Crippen LogP contribution in [0.3, 0.4) is 0 Å². The van der Waals surface area contributed by atoms with E-state index in [1.165, 1.54) is 0 Å². The Morgan fingerprint density at radius 3 is 2.45 bits per heavy atom. The van der Waals surface area contributed by atoms with E-state index in [1.807, 2.05) is 59.7 Å². The summed E-state index contributed by atoms with van der Waals surface area (Å²) in [5.74, 6) is 0.916. The van der Waals surface area contributed by atoms with Crippen molar-refractivity contribution in [3.8, 4) is 5.75 Å². The summed E-state index contributed by atoms with van der Waals surface area (Å²) in [5, 5.41) is 0. The van der Waals surface area contributed by atoms with Crippen LogP contribution in [-0.2, 0) is 20.6 Å². The summed E-state index contributed by atoms with van der Waals surface area (Å²) in [6, 6.07) is 5.60. The zero-order valence-corrected chi connectivity index (χ0v) is 17.8. The predicted molar refractivity (Wildman–Crippen MR) is 110 cm³/mol. The summed E-state index contributed by atoms with van der Waals surface area (Å²) in [5.41, 5.74) is 2.67. The number of ether oxygens (including phenoxy) is 1. The first-order valence-electron chi connectivity index (χ1n) is 9.80. The van der Waals surface area contributed by atoms with Crippen molar-refractivity contribution in [2.45, 2.75) is 59.3 Å². The van der Waals surface area contributed by atoms with Gasteiger partial charge >= 0.3 is 7.12 Å². The molecule has 2 aromatic rings. The Morgan fingerprint density at radius 2 is 1.79 bits per heavy atom. The Kier molecular flexibility index (Phi) is 4.66. The molecular formula is C21H26BN3O4. The van der Waals surface area contributed by atoms with Gasteiger partial charge in [0.05, 0.1) is 23.3 Å². The number of aryl methyl sites for hydroxylation is 2. The molecule has 0 atom stereocenters. The van der Waals surface area contributed by atoms with Gasteiger partial charge in [0.15, 0.2) is 18.2 Å². The molecule has 0 saturated carbocycles. The van der Waals surface area contributed by atoms with Gasteiger partial charge in [0.25, 0.3) is 5.91 Å². The fourth-order valence-corrected chi connectivity index (χ4v) is 3.47. The van der Waals surface area contributed by atoms with Crippen LogP contribution in [0.1, 0.15) is 44.5 Å². The van der Waals surface area contributed by atoms with Crippen molar-refractivity contribution in [2.75, 3.05) is 11.5 Å². The van der Waals surface area contributed by atoms with Crippen molar-refractivity contribution < 1.29 is 18.8 Å². The number of aromatic nitrogens is 2. The Labute approximate surface area is 171 Å². The van der Waals surface area contributed by atoms with Crippen LogP contribution in [0.2, 0.25) is 0 Å². The van der Waals surface area contributed by atoms with Gasteiger partial charge in [-0.2, -0.15) is 0 Å². The highest BCUT2D eigenvalue weighted by Gasteiger charge is 2.52. The molecule has 0 N–H and O–H groups in total. The fourth-order valence-electron chi connectivity index (χ4n) is 3.47.